The molecule has 0 radical (unpaired) electrons. The molecule has 3 heteroatoms. The molecule has 0 amide bonds. The second-order valence-electron chi connectivity index (χ2n) is 7.16. The summed E-state index contributed by atoms with van der Waals surface area (Å²) in [5.41, 5.74) is 0.320. The van der Waals surface area contributed by atoms with Crippen LogP contribution in [-0.4, -0.2) is 16.7 Å². The Morgan fingerprint density at radius 2 is 1.00 bits per heavy atom. The standard InChI is InChI=1S/C21H41NO2/c1-3-4-5-6-7-8-9-10-11-12-13-14-15-16-17-18-19-21(22-24)20(2)23/h24H,3-19H2,1-2H3. The van der Waals surface area contributed by atoms with Crippen molar-refractivity contribution in [3.05, 3.63) is 0 Å². The van der Waals surface area contributed by atoms with Gasteiger partial charge in [0.25, 0.3) is 0 Å². The molecule has 0 spiro atoms. The van der Waals surface area contributed by atoms with E-state index in [2.05, 4.69) is 12.1 Å². The quantitative estimate of drug-likeness (QED) is 0.126. The summed E-state index contributed by atoms with van der Waals surface area (Å²) in [6, 6.07) is 0. The van der Waals surface area contributed by atoms with Crippen molar-refractivity contribution in [1.29, 1.82) is 0 Å². The Bertz CT molecular complexity index is 313. The molecular weight excluding hydrogens is 298 g/mol. The van der Waals surface area contributed by atoms with Crippen molar-refractivity contribution in [1.82, 2.24) is 0 Å². The highest BCUT2D eigenvalue weighted by Gasteiger charge is 2.05. The van der Waals surface area contributed by atoms with E-state index in [4.69, 9.17) is 5.21 Å². The van der Waals surface area contributed by atoms with E-state index >= 15 is 0 Å². The molecule has 0 aromatic heterocycles. The summed E-state index contributed by atoms with van der Waals surface area (Å²) in [4.78, 5) is 11.1. The third-order valence-electron chi connectivity index (χ3n) is 4.79. The van der Waals surface area contributed by atoms with Crippen LogP contribution in [0.4, 0.5) is 0 Å². The number of oxime groups is 1. The topological polar surface area (TPSA) is 49.7 Å². The van der Waals surface area contributed by atoms with Crippen LogP contribution in [-0.2, 0) is 4.79 Å². The molecule has 0 saturated carbocycles. The maximum absolute atomic E-state index is 11.1. The van der Waals surface area contributed by atoms with Crippen LogP contribution < -0.4 is 0 Å². The summed E-state index contributed by atoms with van der Waals surface area (Å²) >= 11 is 0. The minimum absolute atomic E-state index is 0.113. The van der Waals surface area contributed by atoms with Crippen molar-refractivity contribution in [2.24, 2.45) is 5.16 Å². The number of hydrogen-bond acceptors (Lipinski definition) is 3. The van der Waals surface area contributed by atoms with Gasteiger partial charge in [0.15, 0.2) is 5.78 Å². The van der Waals surface area contributed by atoms with Crippen LogP contribution in [0.3, 0.4) is 0 Å². The van der Waals surface area contributed by atoms with Gasteiger partial charge in [-0.15, -0.1) is 0 Å². The zero-order valence-electron chi connectivity index (χ0n) is 16.3. The summed E-state index contributed by atoms with van der Waals surface area (Å²) in [7, 11) is 0. The molecule has 0 saturated heterocycles. The minimum Gasteiger partial charge on any atom is -0.411 e. The Balaban J connectivity index is 3.14. The lowest BCUT2D eigenvalue weighted by molar-refractivity contribution is -0.111. The van der Waals surface area contributed by atoms with Crippen molar-refractivity contribution < 1.29 is 10.0 Å². The summed E-state index contributed by atoms with van der Waals surface area (Å²) in [5, 5.41) is 11.8. The van der Waals surface area contributed by atoms with Gasteiger partial charge in [0.1, 0.15) is 5.71 Å². The first-order chi connectivity index (χ1) is 11.7. The highest BCUT2D eigenvalue weighted by molar-refractivity contribution is 6.38. The molecule has 3 nitrogen and oxygen atoms in total. The second-order valence-corrected chi connectivity index (χ2v) is 7.16. The van der Waals surface area contributed by atoms with Gasteiger partial charge in [-0.3, -0.25) is 4.79 Å². The Labute approximate surface area is 150 Å². The van der Waals surface area contributed by atoms with E-state index in [1.807, 2.05) is 0 Å². The average molecular weight is 340 g/mol. The zero-order valence-corrected chi connectivity index (χ0v) is 16.3. The van der Waals surface area contributed by atoms with Crippen molar-refractivity contribution >= 4 is 11.5 Å². The van der Waals surface area contributed by atoms with Crippen LogP contribution in [0.15, 0.2) is 5.16 Å². The Morgan fingerprint density at radius 1 is 0.667 bits per heavy atom. The normalized spacial score (nSPS) is 11.8. The third-order valence-corrected chi connectivity index (χ3v) is 4.79. The van der Waals surface area contributed by atoms with Crippen LogP contribution in [0.2, 0.25) is 0 Å². The fourth-order valence-electron chi connectivity index (χ4n) is 3.14. The van der Waals surface area contributed by atoms with Crippen molar-refractivity contribution in [3.8, 4) is 0 Å². The Morgan fingerprint density at radius 3 is 1.29 bits per heavy atom. The minimum atomic E-state index is -0.113. The molecule has 0 aliphatic carbocycles. The van der Waals surface area contributed by atoms with E-state index in [-0.39, 0.29) is 5.78 Å². The van der Waals surface area contributed by atoms with Crippen LogP contribution in [0.1, 0.15) is 123 Å². The molecule has 0 aromatic carbocycles. The van der Waals surface area contributed by atoms with E-state index in [1.165, 1.54) is 96.8 Å². The van der Waals surface area contributed by atoms with Gasteiger partial charge in [-0.2, -0.15) is 0 Å². The molecule has 0 rings (SSSR count). The molecule has 0 aliphatic heterocycles. The van der Waals surface area contributed by atoms with E-state index in [1.54, 1.807) is 0 Å². The maximum Gasteiger partial charge on any atom is 0.177 e. The van der Waals surface area contributed by atoms with Crippen LogP contribution in [0.25, 0.3) is 0 Å². The SMILES string of the molecule is CCCCCCCCCCCCCCCCCCC(=NO)C(C)=O. The van der Waals surface area contributed by atoms with Gasteiger partial charge >= 0.3 is 0 Å². The van der Waals surface area contributed by atoms with E-state index in [9.17, 15) is 4.79 Å². The highest BCUT2D eigenvalue weighted by atomic mass is 16.4. The van der Waals surface area contributed by atoms with Gasteiger partial charge in [0.05, 0.1) is 0 Å². The first kappa shape index (κ1) is 23.1. The molecule has 24 heavy (non-hydrogen) atoms. The molecule has 0 bridgehead atoms. The number of nitrogens with zero attached hydrogens (tertiary/aromatic N) is 1. The highest BCUT2D eigenvalue weighted by Crippen LogP contribution is 2.14. The Hall–Kier alpha value is -0.860. The second kappa shape index (κ2) is 18.5. The molecule has 0 unspecified atom stereocenters. The van der Waals surface area contributed by atoms with E-state index < -0.39 is 0 Å². The lowest BCUT2D eigenvalue weighted by atomic mass is 10.0. The van der Waals surface area contributed by atoms with Crippen molar-refractivity contribution in [3.63, 3.8) is 0 Å². The molecule has 0 aromatic rings. The fourth-order valence-corrected chi connectivity index (χ4v) is 3.14. The zero-order chi connectivity index (χ0) is 17.9. The van der Waals surface area contributed by atoms with Gasteiger partial charge < -0.3 is 5.21 Å². The van der Waals surface area contributed by atoms with Crippen molar-refractivity contribution in [2.45, 2.75) is 123 Å². The van der Waals surface area contributed by atoms with E-state index in [0.717, 1.165) is 12.8 Å². The number of carbonyl (C=O) groups is 1. The first-order valence-electron chi connectivity index (χ1n) is 10.4. The Kier molecular flexibility index (Phi) is 17.8. The van der Waals surface area contributed by atoms with Crippen molar-refractivity contribution in [2.75, 3.05) is 0 Å². The first-order valence-corrected chi connectivity index (χ1v) is 10.4. The fraction of sp³-hybridized carbons (Fsp3) is 0.905. The molecule has 1 N–H and O–H groups in total. The van der Waals surface area contributed by atoms with Gasteiger partial charge in [-0.05, 0) is 12.8 Å². The monoisotopic (exact) mass is 339 g/mol. The summed E-state index contributed by atoms with van der Waals surface area (Å²) in [6.45, 7) is 3.73. The number of hydrogen-bond donors (Lipinski definition) is 1. The number of unbranched alkanes of at least 4 members (excludes halogenated alkanes) is 15. The number of Topliss-reactive ketones (excluding diaryl/α,β-unsaturated/α-hetero) is 1. The largest absolute Gasteiger partial charge is 0.411 e. The average Bonchev–Trinajstić information content (AvgIpc) is 2.57. The lowest BCUT2D eigenvalue weighted by Gasteiger charge is -2.04. The molecule has 0 heterocycles. The van der Waals surface area contributed by atoms with Gasteiger partial charge in [-0.1, -0.05) is 108 Å². The van der Waals surface area contributed by atoms with Crippen LogP contribution in [0.5, 0.6) is 0 Å². The molecule has 142 valence electrons. The van der Waals surface area contributed by atoms with E-state index in [0.29, 0.717) is 12.1 Å². The third kappa shape index (κ3) is 16.0. The number of rotatable bonds is 18. The smallest absolute Gasteiger partial charge is 0.177 e. The predicted molar refractivity (Wildman–Crippen MR) is 104 cm³/mol. The van der Waals surface area contributed by atoms with Gasteiger partial charge in [0.2, 0.25) is 0 Å². The summed E-state index contributed by atoms with van der Waals surface area (Å²) in [6.07, 6.45) is 22.1. The number of ketones is 1. The van der Waals surface area contributed by atoms with Gasteiger partial charge in [0, 0.05) is 6.92 Å². The van der Waals surface area contributed by atoms with Gasteiger partial charge in [-0.25, -0.2) is 0 Å². The maximum atomic E-state index is 11.1. The van der Waals surface area contributed by atoms with Crippen LogP contribution >= 0.6 is 0 Å². The molecule has 0 fully saturated rings. The predicted octanol–water partition coefficient (Wildman–Crippen LogP) is 7.06. The molecule has 0 aliphatic rings. The number of carbonyl (C=O) groups excluding carboxylic acids is 1. The molecular formula is C21H41NO2. The lowest BCUT2D eigenvalue weighted by Crippen LogP contribution is -2.09. The summed E-state index contributed by atoms with van der Waals surface area (Å²) in [5.74, 6) is -0.113. The molecule has 0 atom stereocenters. The van der Waals surface area contributed by atoms with Crippen LogP contribution in [0, 0.1) is 0 Å². The summed E-state index contributed by atoms with van der Waals surface area (Å²) < 4.78 is 0.